The molecule has 13 rings (SSSR count). The Morgan fingerprint density at radius 1 is 0.262 bits per heavy atom. The van der Waals surface area contributed by atoms with Crippen LogP contribution in [-0.2, 0) is 5.41 Å². The second kappa shape index (κ2) is 14.4. The van der Waals surface area contributed by atoms with Gasteiger partial charge < -0.3 is 9.13 Å². The van der Waals surface area contributed by atoms with Crippen molar-refractivity contribution in [2.75, 3.05) is 0 Å². The first-order chi connectivity index (χ1) is 32.0. The van der Waals surface area contributed by atoms with Crippen molar-refractivity contribution < 1.29 is 0 Å². The summed E-state index contributed by atoms with van der Waals surface area (Å²) >= 11 is 0. The molecule has 0 atom stereocenters. The van der Waals surface area contributed by atoms with Crippen LogP contribution in [0.4, 0.5) is 0 Å². The van der Waals surface area contributed by atoms with Crippen molar-refractivity contribution in [3.63, 3.8) is 0 Å². The second-order valence-corrected chi connectivity index (χ2v) is 18.2. The summed E-state index contributed by atoms with van der Waals surface area (Å²) in [5.41, 5.74) is 22.0. The molecule has 0 saturated heterocycles. The van der Waals surface area contributed by atoms with Gasteiger partial charge in [-0.3, -0.25) is 0 Å². The quantitative estimate of drug-likeness (QED) is 0.158. The number of aromatic nitrogens is 2. The highest BCUT2D eigenvalue weighted by molar-refractivity contribution is 6.13. The Morgan fingerprint density at radius 2 is 0.738 bits per heavy atom. The van der Waals surface area contributed by atoms with E-state index in [0.717, 1.165) is 11.4 Å². The van der Waals surface area contributed by atoms with Crippen molar-refractivity contribution in [1.29, 1.82) is 0 Å². The van der Waals surface area contributed by atoms with Gasteiger partial charge in [-0.05, 0) is 133 Å². The Balaban J connectivity index is 1.04. The number of nitrogens with zero attached hydrogens (tertiary/aromatic N) is 2. The molecule has 306 valence electrons. The van der Waals surface area contributed by atoms with E-state index in [1.165, 1.54) is 110 Å². The van der Waals surface area contributed by atoms with Crippen LogP contribution in [0.1, 0.15) is 25.0 Å². The largest absolute Gasteiger partial charge is 0.309 e. The number of hydrogen-bond donors (Lipinski definition) is 0. The first kappa shape index (κ1) is 37.4. The molecule has 0 N–H and O–H groups in total. The molecule has 0 bridgehead atoms. The van der Waals surface area contributed by atoms with E-state index in [-0.39, 0.29) is 5.41 Å². The molecule has 0 fully saturated rings. The predicted octanol–water partition coefficient (Wildman–Crippen LogP) is 16.9. The third-order valence-electron chi connectivity index (χ3n) is 14.1. The van der Waals surface area contributed by atoms with Crippen LogP contribution in [0.15, 0.2) is 231 Å². The highest BCUT2D eigenvalue weighted by atomic mass is 15.0. The Labute approximate surface area is 378 Å². The van der Waals surface area contributed by atoms with Crippen LogP contribution >= 0.6 is 0 Å². The Morgan fingerprint density at radius 3 is 1.43 bits per heavy atom. The number of para-hydroxylation sites is 2. The van der Waals surface area contributed by atoms with Crippen LogP contribution in [0.5, 0.6) is 0 Å². The maximum absolute atomic E-state index is 2.50. The van der Waals surface area contributed by atoms with Crippen LogP contribution in [0, 0.1) is 0 Å². The lowest BCUT2D eigenvalue weighted by atomic mass is 9.81. The summed E-state index contributed by atoms with van der Waals surface area (Å²) in [7, 11) is 0. The molecule has 2 heteroatoms. The summed E-state index contributed by atoms with van der Waals surface area (Å²) in [5, 5.41) is 4.97. The van der Waals surface area contributed by atoms with E-state index in [4.69, 9.17) is 0 Å². The molecular formula is C63H44N2. The molecule has 0 saturated carbocycles. The average molecular weight is 829 g/mol. The van der Waals surface area contributed by atoms with Gasteiger partial charge in [0, 0.05) is 38.3 Å². The predicted molar refractivity (Wildman–Crippen MR) is 274 cm³/mol. The van der Waals surface area contributed by atoms with E-state index in [1.54, 1.807) is 0 Å². The minimum atomic E-state index is -0.0723. The summed E-state index contributed by atoms with van der Waals surface area (Å²) in [6, 6.07) is 85.3. The summed E-state index contributed by atoms with van der Waals surface area (Å²) in [4.78, 5) is 0. The summed E-state index contributed by atoms with van der Waals surface area (Å²) in [5.74, 6) is 0. The molecule has 2 heterocycles. The van der Waals surface area contributed by atoms with E-state index in [0.29, 0.717) is 0 Å². The molecular weight excluding hydrogens is 785 g/mol. The van der Waals surface area contributed by atoms with Crippen molar-refractivity contribution >= 4 is 43.6 Å². The molecule has 0 radical (unpaired) electrons. The number of rotatable bonds is 6. The lowest BCUT2D eigenvalue weighted by Gasteiger charge is -2.22. The Bertz CT molecular complexity index is 3770. The van der Waals surface area contributed by atoms with Gasteiger partial charge in [0.05, 0.1) is 22.1 Å². The van der Waals surface area contributed by atoms with Gasteiger partial charge in [-0.1, -0.05) is 178 Å². The highest BCUT2D eigenvalue weighted by Gasteiger charge is 2.35. The van der Waals surface area contributed by atoms with Crippen molar-refractivity contribution in [3.05, 3.63) is 242 Å². The highest BCUT2D eigenvalue weighted by Crippen LogP contribution is 2.50. The molecule has 10 aromatic carbocycles. The Hall–Kier alpha value is -8.20. The van der Waals surface area contributed by atoms with E-state index < -0.39 is 0 Å². The van der Waals surface area contributed by atoms with E-state index in [2.05, 4.69) is 254 Å². The van der Waals surface area contributed by atoms with Crippen LogP contribution in [0.3, 0.4) is 0 Å². The molecule has 0 aliphatic heterocycles. The van der Waals surface area contributed by atoms with Gasteiger partial charge in [-0.2, -0.15) is 0 Å². The molecule has 12 aromatic rings. The zero-order valence-electron chi connectivity index (χ0n) is 36.3. The molecule has 0 unspecified atom stereocenters. The molecule has 0 spiro atoms. The molecule has 0 amide bonds. The molecule has 2 nitrogen and oxygen atoms in total. The maximum Gasteiger partial charge on any atom is 0.0547 e. The van der Waals surface area contributed by atoms with Gasteiger partial charge in [0.1, 0.15) is 0 Å². The van der Waals surface area contributed by atoms with E-state index in [9.17, 15) is 0 Å². The van der Waals surface area contributed by atoms with E-state index >= 15 is 0 Å². The number of fused-ring (bicyclic) bond motifs is 9. The standard InChI is InChI=1S/C63H44N2/c1-63(2)57-24-14-12-22-51(57)52-30-26-44(38-58(52)63)43-29-33-60-56(37-43)55-32-28-46(45-27-31-54-53-23-13-15-25-59(53)64(61(54)39-45)49-20-10-5-11-21-49)40-62(55)65(60)50-35-47(41-16-6-3-7-17-41)34-48(36-50)42-18-8-4-9-19-42/h3-40H,1-2H3. The monoisotopic (exact) mass is 828 g/mol. The van der Waals surface area contributed by atoms with Gasteiger partial charge in [0.25, 0.3) is 0 Å². The van der Waals surface area contributed by atoms with Crippen LogP contribution in [0.2, 0.25) is 0 Å². The van der Waals surface area contributed by atoms with Crippen molar-refractivity contribution in [3.8, 4) is 67.0 Å². The van der Waals surface area contributed by atoms with Gasteiger partial charge in [-0.25, -0.2) is 0 Å². The second-order valence-electron chi connectivity index (χ2n) is 18.2. The van der Waals surface area contributed by atoms with Crippen molar-refractivity contribution in [2.24, 2.45) is 0 Å². The number of hydrogen-bond acceptors (Lipinski definition) is 0. The normalized spacial score (nSPS) is 12.9. The first-order valence-corrected chi connectivity index (χ1v) is 22.7. The van der Waals surface area contributed by atoms with Gasteiger partial charge in [0.2, 0.25) is 0 Å². The SMILES string of the molecule is CC1(C)c2ccccc2-c2ccc(-c3ccc4c(c3)c3ccc(-c5ccc6c7ccccc7n(-c7ccccc7)c6c5)cc3n4-c3cc(-c4ccccc4)cc(-c4ccccc4)c3)cc21. The molecule has 65 heavy (non-hydrogen) atoms. The minimum absolute atomic E-state index is 0.0723. The summed E-state index contributed by atoms with van der Waals surface area (Å²) in [6.07, 6.45) is 0. The topological polar surface area (TPSA) is 9.86 Å². The average Bonchev–Trinajstić information content (AvgIpc) is 3.96. The molecule has 2 aromatic heterocycles. The van der Waals surface area contributed by atoms with E-state index in [1.807, 2.05) is 0 Å². The van der Waals surface area contributed by atoms with Crippen molar-refractivity contribution in [2.45, 2.75) is 19.3 Å². The van der Waals surface area contributed by atoms with Gasteiger partial charge >= 0.3 is 0 Å². The maximum atomic E-state index is 2.50. The van der Waals surface area contributed by atoms with Crippen LogP contribution in [0.25, 0.3) is 111 Å². The zero-order valence-corrected chi connectivity index (χ0v) is 36.3. The molecule has 1 aliphatic carbocycles. The third-order valence-corrected chi connectivity index (χ3v) is 14.1. The zero-order chi connectivity index (χ0) is 43.2. The number of benzene rings is 10. The fraction of sp³-hybridized carbons (Fsp3) is 0.0476. The molecule has 1 aliphatic rings. The van der Waals surface area contributed by atoms with Gasteiger partial charge in [0.15, 0.2) is 0 Å². The lowest BCUT2D eigenvalue weighted by molar-refractivity contribution is 0.660. The van der Waals surface area contributed by atoms with Crippen molar-refractivity contribution in [1.82, 2.24) is 9.13 Å². The fourth-order valence-corrected chi connectivity index (χ4v) is 10.9. The first-order valence-electron chi connectivity index (χ1n) is 22.7. The smallest absolute Gasteiger partial charge is 0.0547 e. The Kier molecular flexibility index (Phi) is 8.29. The lowest BCUT2D eigenvalue weighted by Crippen LogP contribution is -2.14. The summed E-state index contributed by atoms with van der Waals surface area (Å²) < 4.78 is 4.91. The van der Waals surface area contributed by atoms with Crippen LogP contribution in [-0.4, -0.2) is 9.13 Å². The van der Waals surface area contributed by atoms with Gasteiger partial charge in [-0.15, -0.1) is 0 Å². The summed E-state index contributed by atoms with van der Waals surface area (Å²) in [6.45, 7) is 4.73. The third kappa shape index (κ3) is 5.88. The minimum Gasteiger partial charge on any atom is -0.309 e. The van der Waals surface area contributed by atoms with Crippen LogP contribution < -0.4 is 0 Å². The fourth-order valence-electron chi connectivity index (χ4n) is 10.9.